The highest BCUT2D eigenvalue weighted by Crippen LogP contribution is 2.21. The van der Waals surface area contributed by atoms with Crippen LogP contribution in [0.1, 0.15) is 26.3 Å². The third-order valence-corrected chi connectivity index (χ3v) is 4.76. The van der Waals surface area contributed by atoms with Crippen LogP contribution in [-0.2, 0) is 21.1 Å². The lowest BCUT2D eigenvalue weighted by molar-refractivity contribution is 0.0597. The molecule has 0 fully saturated rings. The summed E-state index contributed by atoms with van der Waals surface area (Å²) in [6, 6.07) is 10.7. The number of carbonyl (C=O) groups excluding carboxylic acids is 2. The average Bonchev–Trinajstić information content (AvgIpc) is 2.64. The Morgan fingerprint density at radius 1 is 1.08 bits per heavy atom. The average molecular weight is 377 g/mol. The number of nitrogens with one attached hydrogen (secondary N) is 1. The van der Waals surface area contributed by atoms with Crippen LogP contribution in [0.4, 0.5) is 0 Å². The molecule has 1 amide bonds. The number of sulfone groups is 1. The van der Waals surface area contributed by atoms with Gasteiger partial charge >= 0.3 is 5.97 Å². The smallest absolute Gasteiger partial charge is 0.341 e. The second-order valence-electron chi connectivity index (χ2n) is 5.51. The van der Waals surface area contributed by atoms with Crippen LogP contribution in [0.15, 0.2) is 47.4 Å². The van der Waals surface area contributed by atoms with E-state index in [9.17, 15) is 18.0 Å². The summed E-state index contributed by atoms with van der Waals surface area (Å²) in [5.41, 5.74) is 1.15. The molecule has 8 heteroatoms. The van der Waals surface area contributed by atoms with E-state index in [0.29, 0.717) is 11.3 Å². The van der Waals surface area contributed by atoms with Gasteiger partial charge in [-0.15, -0.1) is 0 Å². The zero-order valence-electron chi connectivity index (χ0n) is 14.6. The standard InChI is InChI=1S/C18H19NO6S/c1-24-16-8-7-12(9-15(16)18(21)25-2)11-19-17(20)13-5-4-6-14(10-13)26(3,22)23/h4-10H,11H2,1-3H3,(H,19,20). The van der Waals surface area contributed by atoms with Gasteiger partial charge in [0.1, 0.15) is 11.3 Å². The first-order valence-corrected chi connectivity index (χ1v) is 9.49. The fourth-order valence-corrected chi connectivity index (χ4v) is 2.95. The Morgan fingerprint density at radius 2 is 1.81 bits per heavy atom. The molecule has 0 aromatic heterocycles. The van der Waals surface area contributed by atoms with Gasteiger partial charge in [-0.3, -0.25) is 4.79 Å². The minimum atomic E-state index is -3.40. The molecule has 0 atom stereocenters. The first-order valence-electron chi connectivity index (χ1n) is 7.60. The van der Waals surface area contributed by atoms with E-state index in [2.05, 4.69) is 5.32 Å². The molecule has 0 bridgehead atoms. The zero-order chi connectivity index (χ0) is 19.3. The molecule has 2 aromatic rings. The number of hydrogen-bond acceptors (Lipinski definition) is 6. The fourth-order valence-electron chi connectivity index (χ4n) is 2.29. The van der Waals surface area contributed by atoms with E-state index in [1.807, 2.05) is 0 Å². The van der Waals surface area contributed by atoms with Crippen molar-refractivity contribution in [3.8, 4) is 5.75 Å². The van der Waals surface area contributed by atoms with Gasteiger partial charge in [0.05, 0.1) is 19.1 Å². The molecule has 138 valence electrons. The summed E-state index contributed by atoms with van der Waals surface area (Å²) in [5, 5.41) is 2.69. The minimum Gasteiger partial charge on any atom is -0.496 e. The molecule has 0 saturated heterocycles. The summed E-state index contributed by atoms with van der Waals surface area (Å²) >= 11 is 0. The molecule has 0 radical (unpaired) electrons. The van der Waals surface area contributed by atoms with E-state index in [0.717, 1.165) is 6.26 Å². The summed E-state index contributed by atoms with van der Waals surface area (Å²) in [5.74, 6) is -0.602. The van der Waals surface area contributed by atoms with E-state index in [-0.39, 0.29) is 22.6 Å². The van der Waals surface area contributed by atoms with Crippen molar-refractivity contribution in [1.82, 2.24) is 5.32 Å². The number of carbonyl (C=O) groups is 2. The van der Waals surface area contributed by atoms with Crippen LogP contribution >= 0.6 is 0 Å². The van der Waals surface area contributed by atoms with Crippen molar-refractivity contribution in [2.45, 2.75) is 11.4 Å². The highest BCUT2D eigenvalue weighted by molar-refractivity contribution is 7.90. The van der Waals surface area contributed by atoms with Crippen molar-refractivity contribution >= 4 is 21.7 Å². The molecule has 2 rings (SSSR count). The molecule has 2 aromatic carbocycles. The van der Waals surface area contributed by atoms with Crippen LogP contribution in [0.2, 0.25) is 0 Å². The van der Waals surface area contributed by atoms with Gasteiger partial charge < -0.3 is 14.8 Å². The van der Waals surface area contributed by atoms with Crippen molar-refractivity contribution in [3.05, 3.63) is 59.2 Å². The maximum absolute atomic E-state index is 12.3. The van der Waals surface area contributed by atoms with E-state index in [4.69, 9.17) is 9.47 Å². The molecule has 26 heavy (non-hydrogen) atoms. The van der Waals surface area contributed by atoms with Gasteiger partial charge in [0.2, 0.25) is 0 Å². The Hall–Kier alpha value is -2.87. The van der Waals surface area contributed by atoms with Crippen LogP contribution in [0.25, 0.3) is 0 Å². The number of rotatable bonds is 6. The van der Waals surface area contributed by atoms with Gasteiger partial charge in [-0.1, -0.05) is 12.1 Å². The van der Waals surface area contributed by atoms with Gasteiger partial charge in [-0.05, 0) is 35.9 Å². The Kier molecular flexibility index (Phi) is 5.99. The molecule has 1 N–H and O–H groups in total. The first-order chi connectivity index (χ1) is 12.3. The molecular formula is C18H19NO6S. The second kappa shape index (κ2) is 8.01. The first kappa shape index (κ1) is 19.5. The summed E-state index contributed by atoms with van der Waals surface area (Å²) < 4.78 is 33.0. The molecule has 0 aliphatic carbocycles. The lowest BCUT2D eigenvalue weighted by Crippen LogP contribution is -2.23. The second-order valence-corrected chi connectivity index (χ2v) is 7.52. The maximum atomic E-state index is 12.3. The Balaban J connectivity index is 2.16. The van der Waals surface area contributed by atoms with Crippen LogP contribution in [0.5, 0.6) is 5.75 Å². The molecule has 7 nitrogen and oxygen atoms in total. The highest BCUT2D eigenvalue weighted by Gasteiger charge is 2.15. The van der Waals surface area contributed by atoms with E-state index >= 15 is 0 Å². The van der Waals surface area contributed by atoms with Gasteiger partial charge in [0, 0.05) is 18.4 Å². The van der Waals surface area contributed by atoms with Crippen molar-refractivity contribution in [2.75, 3.05) is 20.5 Å². The van der Waals surface area contributed by atoms with Gasteiger partial charge in [-0.25, -0.2) is 13.2 Å². The quantitative estimate of drug-likeness (QED) is 0.771. The molecule has 0 aliphatic heterocycles. The normalized spacial score (nSPS) is 10.9. The number of benzene rings is 2. The van der Waals surface area contributed by atoms with Crippen molar-refractivity contribution in [3.63, 3.8) is 0 Å². The molecule has 0 aliphatic rings. The number of amides is 1. The van der Waals surface area contributed by atoms with Gasteiger partial charge in [0.25, 0.3) is 5.91 Å². The molecule has 0 saturated carbocycles. The molecule has 0 unspecified atom stereocenters. The summed E-state index contributed by atoms with van der Waals surface area (Å²) in [4.78, 5) is 24.1. The highest BCUT2D eigenvalue weighted by atomic mass is 32.2. The molecular weight excluding hydrogens is 358 g/mol. The third kappa shape index (κ3) is 4.60. The number of ether oxygens (including phenoxy) is 2. The predicted octanol–water partition coefficient (Wildman–Crippen LogP) is 1.82. The monoisotopic (exact) mass is 377 g/mol. The fraction of sp³-hybridized carbons (Fsp3) is 0.222. The van der Waals surface area contributed by atoms with Crippen molar-refractivity contribution < 1.29 is 27.5 Å². The van der Waals surface area contributed by atoms with Crippen LogP contribution < -0.4 is 10.1 Å². The molecule has 0 heterocycles. The number of esters is 1. The maximum Gasteiger partial charge on any atom is 0.341 e. The minimum absolute atomic E-state index is 0.0718. The lowest BCUT2D eigenvalue weighted by atomic mass is 10.1. The summed E-state index contributed by atoms with van der Waals surface area (Å²) in [6.45, 7) is 0.149. The Morgan fingerprint density at radius 3 is 2.42 bits per heavy atom. The number of methoxy groups -OCH3 is 2. The lowest BCUT2D eigenvalue weighted by Gasteiger charge is -2.10. The SMILES string of the molecule is COC(=O)c1cc(CNC(=O)c2cccc(S(C)(=O)=O)c2)ccc1OC. The van der Waals surface area contributed by atoms with Crippen molar-refractivity contribution in [2.24, 2.45) is 0 Å². The predicted molar refractivity (Wildman–Crippen MR) is 95.1 cm³/mol. The summed E-state index contributed by atoms with van der Waals surface area (Å²) in [6.07, 6.45) is 1.08. The van der Waals surface area contributed by atoms with Crippen LogP contribution in [0.3, 0.4) is 0 Å². The molecule has 0 spiro atoms. The van der Waals surface area contributed by atoms with E-state index in [1.165, 1.54) is 38.5 Å². The van der Waals surface area contributed by atoms with Crippen LogP contribution in [-0.4, -0.2) is 40.8 Å². The van der Waals surface area contributed by atoms with Gasteiger partial charge in [0.15, 0.2) is 9.84 Å². The topological polar surface area (TPSA) is 98.8 Å². The van der Waals surface area contributed by atoms with Gasteiger partial charge in [-0.2, -0.15) is 0 Å². The van der Waals surface area contributed by atoms with E-state index in [1.54, 1.807) is 18.2 Å². The van der Waals surface area contributed by atoms with E-state index < -0.39 is 21.7 Å². The number of hydrogen-bond donors (Lipinski definition) is 1. The summed E-state index contributed by atoms with van der Waals surface area (Å²) in [7, 11) is -0.686. The Labute approximate surface area is 151 Å². The largest absolute Gasteiger partial charge is 0.496 e. The zero-order valence-corrected chi connectivity index (χ0v) is 15.4. The van der Waals surface area contributed by atoms with Crippen molar-refractivity contribution in [1.29, 1.82) is 0 Å². The van der Waals surface area contributed by atoms with Crippen LogP contribution in [0, 0.1) is 0 Å². The third-order valence-electron chi connectivity index (χ3n) is 3.65. The Bertz CT molecular complexity index is 936.